The lowest BCUT2D eigenvalue weighted by atomic mass is 10.1. The van der Waals surface area contributed by atoms with E-state index in [-0.39, 0.29) is 17.2 Å². The summed E-state index contributed by atoms with van der Waals surface area (Å²) in [5.74, 6) is -0.324. The molecular weight excluding hydrogens is 358 g/mol. The zero-order valence-corrected chi connectivity index (χ0v) is 14.2. The van der Waals surface area contributed by atoms with Crippen LogP contribution in [0.5, 0.6) is 5.75 Å². The molecule has 5 nitrogen and oxygen atoms in total. The molecular formula is C17H16BrN3O2. The number of imidazole rings is 1. The van der Waals surface area contributed by atoms with Crippen molar-refractivity contribution in [1.82, 2.24) is 14.7 Å². The van der Waals surface area contributed by atoms with E-state index in [0.717, 1.165) is 27.8 Å². The summed E-state index contributed by atoms with van der Waals surface area (Å²) < 4.78 is 2.85. The van der Waals surface area contributed by atoms with E-state index in [9.17, 15) is 9.90 Å². The molecule has 0 aliphatic heterocycles. The number of carbonyl (C=O) groups excluding carboxylic acids is 1. The Hall–Kier alpha value is -2.34. The molecule has 0 spiro atoms. The second-order valence-electron chi connectivity index (χ2n) is 5.23. The van der Waals surface area contributed by atoms with Crippen LogP contribution in [0.2, 0.25) is 0 Å². The van der Waals surface area contributed by atoms with Crippen LogP contribution in [0.4, 0.5) is 0 Å². The predicted molar refractivity (Wildman–Crippen MR) is 91.5 cm³/mol. The summed E-state index contributed by atoms with van der Waals surface area (Å²) >= 11 is 3.41. The van der Waals surface area contributed by atoms with E-state index in [1.807, 2.05) is 41.9 Å². The number of nitrogens with one attached hydrogen (secondary N) is 1. The van der Waals surface area contributed by atoms with Gasteiger partial charge in [0.2, 0.25) is 0 Å². The molecule has 118 valence electrons. The largest absolute Gasteiger partial charge is 0.507 e. The summed E-state index contributed by atoms with van der Waals surface area (Å²) in [6, 6.07) is 8.89. The van der Waals surface area contributed by atoms with E-state index in [2.05, 4.69) is 26.2 Å². The van der Waals surface area contributed by atoms with Gasteiger partial charge in [-0.2, -0.15) is 0 Å². The number of carbonyl (C=O) groups is 1. The molecule has 1 amide bonds. The average Bonchev–Trinajstić information content (AvgIpc) is 2.95. The lowest BCUT2D eigenvalue weighted by Gasteiger charge is -2.07. The van der Waals surface area contributed by atoms with Crippen molar-refractivity contribution in [2.75, 3.05) is 0 Å². The Labute approximate surface area is 142 Å². The van der Waals surface area contributed by atoms with Crippen LogP contribution in [0.25, 0.3) is 5.65 Å². The highest BCUT2D eigenvalue weighted by atomic mass is 79.9. The van der Waals surface area contributed by atoms with Crippen molar-refractivity contribution in [3.8, 4) is 5.75 Å². The van der Waals surface area contributed by atoms with Gasteiger partial charge >= 0.3 is 0 Å². The van der Waals surface area contributed by atoms with Crippen LogP contribution >= 0.6 is 15.9 Å². The van der Waals surface area contributed by atoms with Crippen LogP contribution < -0.4 is 5.32 Å². The average molecular weight is 374 g/mol. The highest BCUT2D eigenvalue weighted by molar-refractivity contribution is 9.10. The number of aryl methyl sites for hydroxylation is 1. The van der Waals surface area contributed by atoms with Gasteiger partial charge in [-0.25, -0.2) is 4.98 Å². The van der Waals surface area contributed by atoms with E-state index in [1.54, 1.807) is 12.1 Å². The van der Waals surface area contributed by atoms with Gasteiger partial charge in [-0.3, -0.25) is 4.79 Å². The molecule has 0 aliphatic rings. The lowest BCUT2D eigenvalue weighted by Crippen LogP contribution is -2.23. The predicted octanol–water partition coefficient (Wildman–Crippen LogP) is 3.29. The summed E-state index contributed by atoms with van der Waals surface area (Å²) in [6.07, 6.45) is 4.58. The quantitative estimate of drug-likeness (QED) is 0.737. The molecule has 0 saturated carbocycles. The minimum atomic E-state index is -0.309. The van der Waals surface area contributed by atoms with E-state index in [1.165, 1.54) is 0 Å². The number of hydrogen-bond donors (Lipinski definition) is 2. The number of fused-ring (bicyclic) bond motifs is 1. The topological polar surface area (TPSA) is 66.6 Å². The fraction of sp³-hybridized carbons (Fsp3) is 0.176. The van der Waals surface area contributed by atoms with Crippen molar-refractivity contribution in [2.24, 2.45) is 0 Å². The molecule has 0 fully saturated rings. The molecule has 2 N–H and O–H groups in total. The monoisotopic (exact) mass is 373 g/mol. The van der Waals surface area contributed by atoms with E-state index in [0.29, 0.717) is 6.54 Å². The van der Waals surface area contributed by atoms with Gasteiger partial charge in [0.15, 0.2) is 0 Å². The van der Waals surface area contributed by atoms with Gasteiger partial charge < -0.3 is 14.8 Å². The number of rotatable bonds is 4. The molecule has 6 heteroatoms. The van der Waals surface area contributed by atoms with Crippen molar-refractivity contribution >= 4 is 27.5 Å². The molecule has 0 saturated heterocycles. The molecule has 23 heavy (non-hydrogen) atoms. The molecule has 2 heterocycles. The molecule has 3 rings (SSSR count). The van der Waals surface area contributed by atoms with Crippen LogP contribution in [0, 0.1) is 0 Å². The zero-order valence-electron chi connectivity index (χ0n) is 12.6. The van der Waals surface area contributed by atoms with Gasteiger partial charge in [0, 0.05) is 16.9 Å². The maximum absolute atomic E-state index is 12.3. The number of aromatic nitrogens is 2. The number of amides is 1. The van der Waals surface area contributed by atoms with Crippen LogP contribution in [0.1, 0.15) is 28.5 Å². The third-order valence-electron chi connectivity index (χ3n) is 3.61. The number of halogens is 1. The Bertz CT molecular complexity index is 873. The molecule has 1 aromatic carbocycles. The van der Waals surface area contributed by atoms with Crippen LogP contribution in [0.15, 0.2) is 47.2 Å². The zero-order chi connectivity index (χ0) is 16.4. The van der Waals surface area contributed by atoms with Crippen molar-refractivity contribution in [3.63, 3.8) is 0 Å². The molecule has 0 radical (unpaired) electrons. The van der Waals surface area contributed by atoms with Crippen molar-refractivity contribution in [2.45, 2.75) is 19.9 Å². The highest BCUT2D eigenvalue weighted by Gasteiger charge is 2.12. The SMILES string of the molecule is CCc1ccc(O)c(C(=O)NCc2cn3cc(Br)ccc3n2)c1. The third-order valence-corrected chi connectivity index (χ3v) is 4.08. The second-order valence-corrected chi connectivity index (χ2v) is 6.15. The second kappa shape index (κ2) is 6.42. The first-order chi connectivity index (χ1) is 11.1. The van der Waals surface area contributed by atoms with E-state index in [4.69, 9.17) is 0 Å². The number of phenols is 1. The molecule has 0 unspecified atom stereocenters. The Morgan fingerprint density at radius 3 is 2.91 bits per heavy atom. The van der Waals surface area contributed by atoms with E-state index < -0.39 is 0 Å². The van der Waals surface area contributed by atoms with E-state index >= 15 is 0 Å². The van der Waals surface area contributed by atoms with Crippen LogP contribution in [-0.4, -0.2) is 20.4 Å². The molecule has 2 aromatic heterocycles. The van der Waals surface area contributed by atoms with Gasteiger partial charge in [-0.15, -0.1) is 0 Å². The normalized spacial score (nSPS) is 10.9. The fourth-order valence-electron chi connectivity index (χ4n) is 2.35. The summed E-state index contributed by atoms with van der Waals surface area (Å²) in [7, 11) is 0. The first-order valence-electron chi connectivity index (χ1n) is 7.30. The first-order valence-corrected chi connectivity index (χ1v) is 8.09. The summed E-state index contributed by atoms with van der Waals surface area (Å²) in [4.78, 5) is 16.7. The third kappa shape index (κ3) is 3.37. The van der Waals surface area contributed by atoms with Crippen LogP contribution in [-0.2, 0) is 13.0 Å². The molecule has 3 aromatic rings. The Kier molecular flexibility index (Phi) is 4.34. The smallest absolute Gasteiger partial charge is 0.255 e. The van der Waals surface area contributed by atoms with Crippen molar-refractivity contribution in [3.05, 3.63) is 64.0 Å². The van der Waals surface area contributed by atoms with Crippen molar-refractivity contribution in [1.29, 1.82) is 0 Å². The Morgan fingerprint density at radius 2 is 2.13 bits per heavy atom. The number of phenolic OH excluding ortho intramolecular Hbond substituents is 1. The fourth-order valence-corrected chi connectivity index (χ4v) is 2.71. The van der Waals surface area contributed by atoms with Crippen LogP contribution in [0.3, 0.4) is 0 Å². The summed E-state index contributed by atoms with van der Waals surface area (Å²) in [6.45, 7) is 2.30. The van der Waals surface area contributed by atoms with Gasteiger partial charge in [0.05, 0.1) is 17.8 Å². The van der Waals surface area contributed by atoms with Crippen molar-refractivity contribution < 1.29 is 9.90 Å². The number of nitrogens with zero attached hydrogens (tertiary/aromatic N) is 2. The highest BCUT2D eigenvalue weighted by Crippen LogP contribution is 2.19. The number of hydrogen-bond acceptors (Lipinski definition) is 3. The Morgan fingerprint density at radius 1 is 1.30 bits per heavy atom. The first kappa shape index (κ1) is 15.6. The number of pyridine rings is 1. The molecule has 0 atom stereocenters. The van der Waals surface area contributed by atoms with Gasteiger partial charge in [-0.05, 0) is 52.2 Å². The minimum Gasteiger partial charge on any atom is -0.507 e. The van der Waals surface area contributed by atoms with Gasteiger partial charge in [0.25, 0.3) is 5.91 Å². The number of aromatic hydroxyl groups is 1. The summed E-state index contributed by atoms with van der Waals surface area (Å²) in [5, 5.41) is 12.7. The molecule has 0 bridgehead atoms. The standard InChI is InChI=1S/C17H16BrN3O2/c1-2-11-3-5-15(22)14(7-11)17(23)19-8-13-10-21-9-12(18)4-6-16(21)20-13/h3-7,9-10,22H,2,8H2,1H3,(H,19,23). The molecule has 0 aliphatic carbocycles. The lowest BCUT2D eigenvalue weighted by molar-refractivity contribution is 0.0947. The van der Waals surface area contributed by atoms with Gasteiger partial charge in [-0.1, -0.05) is 13.0 Å². The minimum absolute atomic E-state index is 0.0152. The van der Waals surface area contributed by atoms with Gasteiger partial charge in [0.1, 0.15) is 11.4 Å². The summed E-state index contributed by atoms with van der Waals surface area (Å²) in [5.41, 5.74) is 2.86. The maximum Gasteiger partial charge on any atom is 0.255 e. The maximum atomic E-state index is 12.3. The number of benzene rings is 1. The Balaban J connectivity index is 1.75.